The number of anilines is 1. The van der Waals surface area contributed by atoms with E-state index >= 15 is 0 Å². The Bertz CT molecular complexity index is 943. The Morgan fingerprint density at radius 2 is 1.60 bits per heavy atom. The van der Waals surface area contributed by atoms with E-state index in [1.54, 1.807) is 12.1 Å². The fraction of sp³-hybridized carbons (Fsp3) is 0.0556. The number of nitrogens with two attached hydrogens (primary N) is 1. The van der Waals surface area contributed by atoms with Gasteiger partial charge >= 0.3 is 6.18 Å². The second kappa shape index (κ2) is 6.43. The Balaban J connectivity index is 1.95. The first-order valence-corrected chi connectivity index (χ1v) is 7.31. The van der Waals surface area contributed by atoms with Crippen LogP contribution in [0.4, 0.5) is 28.9 Å². The summed E-state index contributed by atoms with van der Waals surface area (Å²) in [7, 11) is 0. The van der Waals surface area contributed by atoms with Gasteiger partial charge in [0.05, 0.1) is 5.56 Å². The predicted molar refractivity (Wildman–Crippen MR) is 90.3 cm³/mol. The molecule has 128 valence electrons. The average Bonchev–Trinajstić information content (AvgIpc) is 2.56. The van der Waals surface area contributed by atoms with Crippen molar-refractivity contribution in [2.75, 3.05) is 5.32 Å². The molecule has 0 heterocycles. The van der Waals surface area contributed by atoms with E-state index in [9.17, 15) is 17.6 Å². The van der Waals surface area contributed by atoms with Gasteiger partial charge in [0.2, 0.25) is 0 Å². The summed E-state index contributed by atoms with van der Waals surface area (Å²) in [4.78, 5) is 3.74. The molecule has 0 saturated carbocycles. The molecule has 7 heteroatoms. The van der Waals surface area contributed by atoms with E-state index in [1.165, 1.54) is 0 Å². The van der Waals surface area contributed by atoms with Gasteiger partial charge in [0.15, 0.2) is 11.8 Å². The van der Waals surface area contributed by atoms with Crippen molar-refractivity contribution in [3.8, 4) is 0 Å². The summed E-state index contributed by atoms with van der Waals surface area (Å²) in [5.41, 5.74) is 4.50. The molecule has 0 aliphatic rings. The zero-order valence-electron chi connectivity index (χ0n) is 12.8. The Labute approximate surface area is 140 Å². The molecule has 0 bridgehead atoms. The summed E-state index contributed by atoms with van der Waals surface area (Å²) >= 11 is 0. The molecule has 0 unspecified atom stereocenters. The van der Waals surface area contributed by atoms with E-state index in [-0.39, 0.29) is 5.96 Å². The van der Waals surface area contributed by atoms with Crippen molar-refractivity contribution in [3.05, 3.63) is 72.0 Å². The smallest absolute Gasteiger partial charge is 0.369 e. The van der Waals surface area contributed by atoms with Gasteiger partial charge in [-0.2, -0.15) is 13.2 Å². The maximum Gasteiger partial charge on any atom is 0.419 e. The summed E-state index contributed by atoms with van der Waals surface area (Å²) in [6.07, 6.45) is -4.80. The first kappa shape index (κ1) is 16.8. The van der Waals surface area contributed by atoms with Crippen LogP contribution in [0, 0.1) is 5.82 Å². The summed E-state index contributed by atoms with van der Waals surface area (Å²) in [5, 5.41) is 4.60. The largest absolute Gasteiger partial charge is 0.419 e. The van der Waals surface area contributed by atoms with Gasteiger partial charge in [0.1, 0.15) is 5.69 Å². The monoisotopic (exact) mass is 347 g/mol. The lowest BCUT2D eigenvalue weighted by Gasteiger charge is -2.11. The van der Waals surface area contributed by atoms with E-state index in [0.29, 0.717) is 11.8 Å². The highest BCUT2D eigenvalue weighted by molar-refractivity contribution is 6.03. The van der Waals surface area contributed by atoms with Crippen LogP contribution < -0.4 is 11.1 Å². The van der Waals surface area contributed by atoms with Crippen molar-refractivity contribution in [1.29, 1.82) is 0 Å². The first-order chi connectivity index (χ1) is 11.9. The van der Waals surface area contributed by atoms with Crippen molar-refractivity contribution in [3.63, 3.8) is 0 Å². The van der Waals surface area contributed by atoms with E-state index in [2.05, 4.69) is 10.3 Å². The molecule has 0 atom stereocenters. The number of alkyl halides is 3. The fourth-order valence-electron chi connectivity index (χ4n) is 2.46. The molecule has 0 saturated heterocycles. The van der Waals surface area contributed by atoms with Crippen LogP contribution >= 0.6 is 0 Å². The molecule has 0 aliphatic heterocycles. The van der Waals surface area contributed by atoms with Gasteiger partial charge in [0, 0.05) is 11.1 Å². The molecule has 3 N–H and O–H groups in total. The van der Waals surface area contributed by atoms with Crippen LogP contribution in [0.25, 0.3) is 10.8 Å². The zero-order valence-corrected chi connectivity index (χ0v) is 12.8. The number of aliphatic imine (C=N–C) groups is 1. The molecule has 3 rings (SSSR count). The van der Waals surface area contributed by atoms with Gasteiger partial charge in [0.25, 0.3) is 0 Å². The second-order valence-corrected chi connectivity index (χ2v) is 5.29. The first-order valence-electron chi connectivity index (χ1n) is 7.31. The topological polar surface area (TPSA) is 50.4 Å². The van der Waals surface area contributed by atoms with E-state index in [0.717, 1.165) is 22.9 Å². The highest BCUT2D eigenvalue weighted by Gasteiger charge is 2.34. The van der Waals surface area contributed by atoms with Gasteiger partial charge in [-0.25, -0.2) is 9.38 Å². The molecular weight excluding hydrogens is 334 g/mol. The van der Waals surface area contributed by atoms with Crippen LogP contribution in [-0.2, 0) is 6.18 Å². The van der Waals surface area contributed by atoms with Gasteiger partial charge in [-0.15, -0.1) is 0 Å². The average molecular weight is 347 g/mol. The third-order valence-electron chi connectivity index (χ3n) is 3.58. The molecule has 25 heavy (non-hydrogen) atoms. The molecule has 0 radical (unpaired) electrons. The minimum Gasteiger partial charge on any atom is -0.369 e. The number of nitrogens with zero attached hydrogens (tertiary/aromatic N) is 1. The maximum atomic E-state index is 14.0. The molecule has 0 fully saturated rings. The highest BCUT2D eigenvalue weighted by atomic mass is 19.4. The lowest BCUT2D eigenvalue weighted by Crippen LogP contribution is -2.22. The van der Waals surface area contributed by atoms with Crippen molar-refractivity contribution in [2.45, 2.75) is 6.18 Å². The van der Waals surface area contributed by atoms with Crippen LogP contribution in [0.1, 0.15) is 5.56 Å². The number of hydrogen-bond acceptors (Lipinski definition) is 1. The Morgan fingerprint density at radius 1 is 0.920 bits per heavy atom. The molecule has 3 aromatic rings. The molecule has 0 spiro atoms. The maximum absolute atomic E-state index is 14.0. The molecule has 0 amide bonds. The van der Waals surface area contributed by atoms with Crippen LogP contribution in [0.5, 0.6) is 0 Å². The van der Waals surface area contributed by atoms with Gasteiger partial charge in [-0.3, -0.25) is 0 Å². The number of benzene rings is 3. The van der Waals surface area contributed by atoms with Crippen LogP contribution in [0.3, 0.4) is 0 Å². The lowest BCUT2D eigenvalue weighted by molar-refractivity contribution is -0.139. The van der Waals surface area contributed by atoms with E-state index in [1.807, 2.05) is 30.3 Å². The van der Waals surface area contributed by atoms with Crippen LogP contribution in [-0.4, -0.2) is 5.96 Å². The number of halogens is 4. The normalized spacial score (nSPS) is 12.4. The Hall–Kier alpha value is -3.09. The predicted octanol–water partition coefficient (Wildman–Crippen LogP) is 5.06. The minimum absolute atomic E-state index is 0.213. The van der Waals surface area contributed by atoms with Gasteiger partial charge in [-0.1, -0.05) is 42.5 Å². The zero-order chi connectivity index (χ0) is 18.0. The summed E-state index contributed by atoms with van der Waals surface area (Å²) in [6, 6.07) is 15.8. The van der Waals surface area contributed by atoms with E-state index in [4.69, 9.17) is 5.73 Å². The van der Waals surface area contributed by atoms with Crippen molar-refractivity contribution in [2.24, 2.45) is 10.7 Å². The quantitative estimate of drug-likeness (QED) is 0.387. The van der Waals surface area contributed by atoms with E-state index < -0.39 is 23.2 Å². The molecule has 3 nitrogen and oxygen atoms in total. The van der Waals surface area contributed by atoms with Crippen LogP contribution in [0.2, 0.25) is 0 Å². The molecule has 3 aromatic carbocycles. The summed E-state index contributed by atoms with van der Waals surface area (Å²) in [6.45, 7) is 0. The number of guanidine groups is 1. The second-order valence-electron chi connectivity index (χ2n) is 5.29. The van der Waals surface area contributed by atoms with Crippen molar-refractivity contribution in [1.82, 2.24) is 0 Å². The molecular formula is C18H13F4N3. The standard InChI is InChI=1S/C18H13F4N3/c19-16-13(18(20,21)22)8-4-10-15(16)25-17(23)24-14-9-3-6-11-5-1-2-7-12(11)14/h1-10H,(H3,23,24,25). The third kappa shape index (κ3) is 3.55. The highest BCUT2D eigenvalue weighted by Crippen LogP contribution is 2.34. The third-order valence-corrected chi connectivity index (χ3v) is 3.58. The fourth-order valence-corrected chi connectivity index (χ4v) is 2.46. The number of nitrogens with one attached hydrogen (secondary N) is 1. The number of hydrogen-bond donors (Lipinski definition) is 2. The van der Waals surface area contributed by atoms with Crippen molar-refractivity contribution >= 4 is 28.1 Å². The van der Waals surface area contributed by atoms with Gasteiger partial charge < -0.3 is 11.1 Å². The molecule has 0 aromatic heterocycles. The lowest BCUT2D eigenvalue weighted by atomic mass is 10.1. The molecule has 0 aliphatic carbocycles. The summed E-state index contributed by atoms with van der Waals surface area (Å²) < 4.78 is 52.3. The minimum atomic E-state index is -4.80. The Kier molecular flexibility index (Phi) is 4.31. The Morgan fingerprint density at radius 3 is 2.36 bits per heavy atom. The van der Waals surface area contributed by atoms with Crippen molar-refractivity contribution < 1.29 is 17.6 Å². The number of fused-ring (bicyclic) bond motifs is 1. The van der Waals surface area contributed by atoms with Gasteiger partial charge in [-0.05, 0) is 23.6 Å². The van der Waals surface area contributed by atoms with Crippen LogP contribution in [0.15, 0.2) is 65.7 Å². The SMILES string of the molecule is NC(=Nc1cccc(C(F)(F)F)c1F)Nc1cccc2ccccc12. The number of rotatable bonds is 2. The summed E-state index contributed by atoms with van der Waals surface area (Å²) in [5.74, 6) is -1.67.